The minimum Gasteiger partial charge on any atom is -0.493 e. The van der Waals surface area contributed by atoms with Crippen molar-refractivity contribution >= 4 is 15.9 Å². The second-order valence-electron chi connectivity index (χ2n) is 4.68. The van der Waals surface area contributed by atoms with Crippen molar-refractivity contribution in [2.75, 3.05) is 6.61 Å². The number of rotatable bonds is 7. The van der Waals surface area contributed by atoms with Crippen LogP contribution in [0.15, 0.2) is 48.5 Å². The molecule has 0 fully saturated rings. The summed E-state index contributed by atoms with van der Waals surface area (Å²) in [6, 6.07) is 15.1. The van der Waals surface area contributed by atoms with Crippen LogP contribution in [0.5, 0.6) is 5.75 Å². The smallest absolute Gasteiger partial charge is 0.123 e. The Kier molecular flexibility index (Phi) is 6.06. The second-order valence-corrected chi connectivity index (χ2v) is 5.24. The molecule has 0 aromatic heterocycles. The lowest BCUT2D eigenvalue weighted by Gasteiger charge is -2.10. The molecule has 20 heavy (non-hydrogen) atoms. The minimum absolute atomic E-state index is 0.226. The van der Waals surface area contributed by atoms with Gasteiger partial charge >= 0.3 is 0 Å². The van der Waals surface area contributed by atoms with Gasteiger partial charge in [0.2, 0.25) is 0 Å². The maximum atomic E-state index is 13.1. The molecule has 3 heteroatoms. The molecule has 0 aliphatic carbocycles. The predicted octanol–water partition coefficient (Wildman–Crippen LogP) is 5.12. The third-order valence-corrected chi connectivity index (χ3v) is 3.73. The van der Waals surface area contributed by atoms with E-state index in [1.54, 1.807) is 6.07 Å². The summed E-state index contributed by atoms with van der Waals surface area (Å²) >= 11 is 3.35. The number of ether oxygens (including phenoxy) is 1. The van der Waals surface area contributed by atoms with Crippen LogP contribution in [-0.4, -0.2) is 6.61 Å². The van der Waals surface area contributed by atoms with Gasteiger partial charge in [0.05, 0.1) is 6.61 Å². The zero-order chi connectivity index (χ0) is 14.2. The number of hydrogen-bond acceptors (Lipinski definition) is 1. The molecule has 0 amide bonds. The van der Waals surface area contributed by atoms with Gasteiger partial charge < -0.3 is 4.74 Å². The summed E-state index contributed by atoms with van der Waals surface area (Å²) in [5, 5.41) is 0.601. The number of hydrogen-bond donors (Lipinski definition) is 0. The van der Waals surface area contributed by atoms with Crippen molar-refractivity contribution in [3.63, 3.8) is 0 Å². The van der Waals surface area contributed by atoms with Crippen LogP contribution >= 0.6 is 15.9 Å². The van der Waals surface area contributed by atoms with Crippen molar-refractivity contribution in [3.05, 3.63) is 65.5 Å². The van der Waals surface area contributed by atoms with Crippen molar-refractivity contribution < 1.29 is 9.13 Å². The third-order valence-electron chi connectivity index (χ3n) is 3.13. The van der Waals surface area contributed by atoms with Crippen LogP contribution in [0.4, 0.5) is 4.39 Å². The van der Waals surface area contributed by atoms with Gasteiger partial charge in [-0.25, -0.2) is 4.39 Å². The first kappa shape index (κ1) is 15.0. The standard InChI is InChI=1S/C17H18BrFO/c18-13-15-12-16(19)9-10-17(15)20-11-5-4-8-14-6-2-1-3-7-14/h1-3,6-7,9-10,12H,4-5,8,11,13H2. The topological polar surface area (TPSA) is 9.23 Å². The van der Waals surface area contributed by atoms with Crippen LogP contribution in [0.1, 0.15) is 24.0 Å². The van der Waals surface area contributed by atoms with Crippen LogP contribution in [0, 0.1) is 5.82 Å². The lowest BCUT2D eigenvalue weighted by Crippen LogP contribution is -2.00. The van der Waals surface area contributed by atoms with Gasteiger partial charge in [-0.15, -0.1) is 0 Å². The molecule has 0 unspecified atom stereocenters. The SMILES string of the molecule is Fc1ccc(OCCCCc2ccccc2)c(CBr)c1. The first-order valence-corrected chi connectivity index (χ1v) is 7.93. The summed E-state index contributed by atoms with van der Waals surface area (Å²) in [4.78, 5) is 0. The molecular weight excluding hydrogens is 319 g/mol. The van der Waals surface area contributed by atoms with E-state index < -0.39 is 0 Å². The van der Waals surface area contributed by atoms with Crippen molar-refractivity contribution in [2.45, 2.75) is 24.6 Å². The summed E-state index contributed by atoms with van der Waals surface area (Å²) in [6.07, 6.45) is 3.15. The molecule has 106 valence electrons. The molecule has 0 atom stereocenters. The quantitative estimate of drug-likeness (QED) is 0.503. The first-order valence-electron chi connectivity index (χ1n) is 6.80. The Balaban J connectivity index is 1.73. The van der Waals surface area contributed by atoms with Crippen LogP contribution in [0.25, 0.3) is 0 Å². The van der Waals surface area contributed by atoms with Crippen molar-refractivity contribution in [1.29, 1.82) is 0 Å². The molecule has 0 bridgehead atoms. The molecule has 2 aromatic carbocycles. The molecule has 0 aliphatic heterocycles. The molecule has 2 aromatic rings. The van der Waals surface area contributed by atoms with Crippen molar-refractivity contribution in [2.24, 2.45) is 0 Å². The molecule has 0 aliphatic rings. The van der Waals surface area contributed by atoms with Crippen molar-refractivity contribution in [1.82, 2.24) is 0 Å². The second kappa shape index (κ2) is 8.05. The van der Waals surface area contributed by atoms with Crippen LogP contribution in [0.2, 0.25) is 0 Å². The number of halogens is 2. The molecule has 0 spiro atoms. The third kappa shape index (κ3) is 4.64. The van der Waals surface area contributed by atoms with Crippen LogP contribution in [0.3, 0.4) is 0 Å². The van der Waals surface area contributed by atoms with E-state index in [1.165, 1.54) is 17.7 Å². The van der Waals surface area contributed by atoms with Gasteiger partial charge in [-0.2, -0.15) is 0 Å². The Morgan fingerprint density at radius 1 is 1.00 bits per heavy atom. The fourth-order valence-electron chi connectivity index (χ4n) is 2.05. The number of alkyl halides is 1. The molecule has 0 heterocycles. The molecule has 2 rings (SSSR count). The van der Waals surface area contributed by atoms with E-state index in [1.807, 2.05) is 6.07 Å². The zero-order valence-corrected chi connectivity index (χ0v) is 12.9. The van der Waals surface area contributed by atoms with E-state index in [4.69, 9.17) is 4.74 Å². The summed E-state index contributed by atoms with van der Waals surface area (Å²) in [6.45, 7) is 0.665. The van der Waals surface area contributed by atoms with E-state index in [0.717, 1.165) is 30.6 Å². The molecule has 0 radical (unpaired) electrons. The summed E-state index contributed by atoms with van der Waals surface area (Å²) in [7, 11) is 0. The highest BCUT2D eigenvalue weighted by Gasteiger charge is 2.04. The van der Waals surface area contributed by atoms with Gasteiger partial charge in [-0.1, -0.05) is 46.3 Å². The Bertz CT molecular complexity index is 528. The Labute approximate surface area is 127 Å². The normalized spacial score (nSPS) is 10.5. The Morgan fingerprint density at radius 2 is 1.80 bits per heavy atom. The summed E-state index contributed by atoms with van der Waals surface area (Å²) in [5.41, 5.74) is 2.21. The largest absolute Gasteiger partial charge is 0.493 e. The van der Waals surface area contributed by atoms with E-state index in [-0.39, 0.29) is 5.82 Å². The van der Waals surface area contributed by atoms with E-state index in [2.05, 4.69) is 40.2 Å². The average molecular weight is 337 g/mol. The lowest BCUT2D eigenvalue weighted by atomic mass is 10.1. The zero-order valence-electron chi connectivity index (χ0n) is 11.3. The summed E-state index contributed by atoms with van der Waals surface area (Å²) in [5.74, 6) is 0.541. The molecule has 0 saturated heterocycles. The monoisotopic (exact) mass is 336 g/mol. The van der Waals surface area contributed by atoms with Crippen molar-refractivity contribution in [3.8, 4) is 5.75 Å². The molecule has 0 saturated carbocycles. The molecular formula is C17H18BrFO. The van der Waals surface area contributed by atoms with Crippen LogP contribution < -0.4 is 4.74 Å². The average Bonchev–Trinajstić information content (AvgIpc) is 2.49. The van der Waals surface area contributed by atoms with E-state index in [0.29, 0.717) is 11.9 Å². The Hall–Kier alpha value is -1.35. The maximum absolute atomic E-state index is 13.1. The van der Waals surface area contributed by atoms with Gasteiger partial charge in [0, 0.05) is 10.9 Å². The highest BCUT2D eigenvalue weighted by molar-refractivity contribution is 9.08. The first-order chi connectivity index (χ1) is 9.79. The van der Waals surface area contributed by atoms with E-state index in [9.17, 15) is 4.39 Å². The lowest BCUT2D eigenvalue weighted by molar-refractivity contribution is 0.304. The van der Waals surface area contributed by atoms with Gasteiger partial charge in [0.1, 0.15) is 11.6 Å². The maximum Gasteiger partial charge on any atom is 0.123 e. The number of benzene rings is 2. The van der Waals surface area contributed by atoms with Gasteiger partial charge in [0.15, 0.2) is 0 Å². The van der Waals surface area contributed by atoms with E-state index >= 15 is 0 Å². The van der Waals surface area contributed by atoms with Crippen LogP contribution in [-0.2, 0) is 11.8 Å². The van der Waals surface area contributed by atoms with Gasteiger partial charge in [0.25, 0.3) is 0 Å². The molecule has 0 N–H and O–H groups in total. The fourth-order valence-corrected chi connectivity index (χ4v) is 2.49. The Morgan fingerprint density at radius 3 is 2.55 bits per heavy atom. The van der Waals surface area contributed by atoms with Gasteiger partial charge in [-0.05, 0) is 43.0 Å². The summed E-state index contributed by atoms with van der Waals surface area (Å²) < 4.78 is 18.8. The van der Waals surface area contributed by atoms with Gasteiger partial charge in [-0.3, -0.25) is 0 Å². The number of unbranched alkanes of at least 4 members (excludes halogenated alkanes) is 1. The number of aryl methyl sites for hydroxylation is 1. The fraction of sp³-hybridized carbons (Fsp3) is 0.294. The highest BCUT2D eigenvalue weighted by atomic mass is 79.9. The molecule has 1 nitrogen and oxygen atoms in total. The highest BCUT2D eigenvalue weighted by Crippen LogP contribution is 2.22. The predicted molar refractivity (Wildman–Crippen MR) is 83.9 cm³/mol. The minimum atomic E-state index is -0.226.